The molecule has 180 valence electrons. The molecule has 5 rings (SSSR count). The second-order valence-corrected chi connectivity index (χ2v) is 9.83. The number of rotatable bonds is 4. The lowest BCUT2D eigenvalue weighted by Gasteiger charge is -2.43. The first-order valence-electron chi connectivity index (χ1n) is 11.4. The number of aromatic nitrogens is 2. The highest BCUT2D eigenvalue weighted by atomic mass is 35.5. The van der Waals surface area contributed by atoms with Crippen LogP contribution in [0.1, 0.15) is 13.8 Å². The number of aromatic amines is 1. The second-order valence-electron chi connectivity index (χ2n) is 9.40. The molecule has 1 atom stereocenters. The van der Waals surface area contributed by atoms with Crippen molar-refractivity contribution in [2.45, 2.75) is 25.5 Å². The molecule has 2 aliphatic heterocycles. The van der Waals surface area contributed by atoms with Crippen molar-refractivity contribution in [1.82, 2.24) is 19.8 Å². The van der Waals surface area contributed by atoms with Crippen LogP contribution in [0.25, 0.3) is 21.8 Å². The van der Waals surface area contributed by atoms with Gasteiger partial charge in [0.2, 0.25) is 11.8 Å². The van der Waals surface area contributed by atoms with E-state index < -0.39 is 11.6 Å². The van der Waals surface area contributed by atoms with Crippen molar-refractivity contribution in [3.8, 4) is 0 Å². The van der Waals surface area contributed by atoms with E-state index in [2.05, 4.69) is 15.3 Å². The molecule has 3 aromatic rings. The van der Waals surface area contributed by atoms with Crippen LogP contribution in [0.4, 0.5) is 5.69 Å². The standard InChI is InChI=1S/C24H28ClN5O4/c1-24(2)14-30(12-21(31)29-5-7-33-8-6-29)20(13-34-24)23(32)28-18-10-15(25)9-17-16-3-4-26-11-19(16)27-22(17)18/h3-4,9-11,20,27H,5-8,12-14H2,1-2H3,(H,28,32)/t20-/m0/s1. The van der Waals surface area contributed by atoms with Crippen LogP contribution in [-0.2, 0) is 19.1 Å². The molecule has 10 heteroatoms. The van der Waals surface area contributed by atoms with Crippen LogP contribution in [0.5, 0.6) is 0 Å². The predicted octanol–water partition coefficient (Wildman–Crippen LogP) is 2.65. The summed E-state index contributed by atoms with van der Waals surface area (Å²) in [6, 6.07) is 4.89. The largest absolute Gasteiger partial charge is 0.378 e. The van der Waals surface area contributed by atoms with Gasteiger partial charge in [-0.25, -0.2) is 0 Å². The van der Waals surface area contributed by atoms with Crippen LogP contribution in [0.2, 0.25) is 5.02 Å². The number of fused-ring (bicyclic) bond motifs is 3. The number of halogens is 1. The summed E-state index contributed by atoms with van der Waals surface area (Å²) in [6.07, 6.45) is 3.46. The minimum absolute atomic E-state index is 0.00735. The molecule has 2 aliphatic rings. The number of hydrogen-bond acceptors (Lipinski definition) is 6. The SMILES string of the molecule is CC1(C)CN(CC(=O)N2CCOCC2)[C@H](C(=O)Nc2cc(Cl)cc3c2[nH]c2cnccc23)CO1. The van der Waals surface area contributed by atoms with Crippen molar-refractivity contribution >= 4 is 50.9 Å². The molecule has 2 fully saturated rings. The van der Waals surface area contributed by atoms with E-state index in [-0.39, 0.29) is 25.0 Å². The fourth-order valence-corrected chi connectivity index (χ4v) is 4.90. The zero-order chi connectivity index (χ0) is 23.9. The molecule has 2 N–H and O–H groups in total. The monoisotopic (exact) mass is 485 g/mol. The summed E-state index contributed by atoms with van der Waals surface area (Å²) in [6.45, 7) is 6.94. The molecule has 2 amide bonds. The molecule has 4 heterocycles. The highest BCUT2D eigenvalue weighted by Crippen LogP contribution is 2.33. The number of anilines is 1. The summed E-state index contributed by atoms with van der Waals surface area (Å²) in [5.41, 5.74) is 1.74. The lowest BCUT2D eigenvalue weighted by molar-refractivity contribution is -0.152. The van der Waals surface area contributed by atoms with Crippen molar-refractivity contribution in [1.29, 1.82) is 0 Å². The molecule has 0 unspecified atom stereocenters. The molecule has 1 aromatic carbocycles. The van der Waals surface area contributed by atoms with E-state index in [1.165, 1.54) is 0 Å². The Labute approximate surface area is 202 Å². The average Bonchev–Trinajstić information content (AvgIpc) is 3.18. The first-order chi connectivity index (χ1) is 16.3. The number of nitrogens with zero attached hydrogens (tertiary/aromatic N) is 3. The van der Waals surface area contributed by atoms with Crippen LogP contribution < -0.4 is 5.32 Å². The van der Waals surface area contributed by atoms with Gasteiger partial charge in [-0.3, -0.25) is 19.5 Å². The Balaban J connectivity index is 1.40. The highest BCUT2D eigenvalue weighted by molar-refractivity contribution is 6.33. The molecule has 9 nitrogen and oxygen atoms in total. The van der Waals surface area contributed by atoms with Crippen molar-refractivity contribution in [3.63, 3.8) is 0 Å². The van der Waals surface area contributed by atoms with Gasteiger partial charge < -0.3 is 24.7 Å². The molecule has 2 aromatic heterocycles. The van der Waals surface area contributed by atoms with Gasteiger partial charge in [-0.15, -0.1) is 0 Å². The van der Waals surface area contributed by atoms with E-state index in [0.29, 0.717) is 43.6 Å². The molecular formula is C24H28ClN5O4. The molecule has 0 spiro atoms. The van der Waals surface area contributed by atoms with Crippen LogP contribution in [0.15, 0.2) is 30.6 Å². The van der Waals surface area contributed by atoms with E-state index >= 15 is 0 Å². The first-order valence-corrected chi connectivity index (χ1v) is 11.8. The van der Waals surface area contributed by atoms with E-state index in [4.69, 9.17) is 21.1 Å². The fourth-order valence-electron chi connectivity index (χ4n) is 4.68. The van der Waals surface area contributed by atoms with Crippen molar-refractivity contribution in [2.75, 3.05) is 51.3 Å². The van der Waals surface area contributed by atoms with Crippen LogP contribution in [-0.4, -0.2) is 89.2 Å². The maximum absolute atomic E-state index is 13.5. The zero-order valence-corrected chi connectivity index (χ0v) is 20.0. The maximum Gasteiger partial charge on any atom is 0.244 e. The zero-order valence-electron chi connectivity index (χ0n) is 19.3. The van der Waals surface area contributed by atoms with Crippen molar-refractivity contribution in [2.24, 2.45) is 0 Å². The lowest BCUT2D eigenvalue weighted by Crippen LogP contribution is -2.60. The maximum atomic E-state index is 13.5. The minimum Gasteiger partial charge on any atom is -0.378 e. The first kappa shape index (κ1) is 23.0. The Kier molecular flexibility index (Phi) is 6.20. The van der Waals surface area contributed by atoms with Gasteiger partial charge in [0.05, 0.1) is 54.9 Å². The summed E-state index contributed by atoms with van der Waals surface area (Å²) in [5.74, 6) is -0.252. The Morgan fingerprint density at radius 1 is 1.26 bits per heavy atom. The van der Waals surface area contributed by atoms with Gasteiger partial charge in [0.1, 0.15) is 6.04 Å². The summed E-state index contributed by atoms with van der Waals surface area (Å²) in [4.78, 5) is 37.6. The summed E-state index contributed by atoms with van der Waals surface area (Å²) in [5, 5.41) is 5.42. The Bertz CT molecular complexity index is 1240. The number of carbonyl (C=O) groups excluding carboxylic acids is 2. The highest BCUT2D eigenvalue weighted by Gasteiger charge is 2.39. The van der Waals surface area contributed by atoms with Gasteiger partial charge in [0, 0.05) is 41.6 Å². The Morgan fingerprint density at radius 3 is 2.85 bits per heavy atom. The Morgan fingerprint density at radius 2 is 2.06 bits per heavy atom. The Hall–Kier alpha value is -2.72. The van der Waals surface area contributed by atoms with Crippen molar-refractivity contribution in [3.05, 3.63) is 35.6 Å². The van der Waals surface area contributed by atoms with E-state index in [1.54, 1.807) is 23.4 Å². The number of carbonyl (C=O) groups is 2. The number of morpholine rings is 2. The van der Waals surface area contributed by atoms with Crippen LogP contribution in [0, 0.1) is 0 Å². The molecular weight excluding hydrogens is 458 g/mol. The van der Waals surface area contributed by atoms with E-state index in [0.717, 1.165) is 21.8 Å². The molecule has 0 radical (unpaired) electrons. The number of pyridine rings is 1. The number of benzene rings is 1. The summed E-state index contributed by atoms with van der Waals surface area (Å²) < 4.78 is 11.3. The molecule has 34 heavy (non-hydrogen) atoms. The van der Waals surface area contributed by atoms with Gasteiger partial charge in [-0.05, 0) is 32.0 Å². The van der Waals surface area contributed by atoms with Gasteiger partial charge in [-0.2, -0.15) is 0 Å². The molecule has 0 saturated carbocycles. The number of hydrogen-bond donors (Lipinski definition) is 2. The summed E-state index contributed by atoms with van der Waals surface area (Å²) >= 11 is 6.39. The minimum atomic E-state index is -0.613. The predicted molar refractivity (Wildman–Crippen MR) is 130 cm³/mol. The quantitative estimate of drug-likeness (QED) is 0.589. The number of ether oxygens (including phenoxy) is 2. The summed E-state index contributed by atoms with van der Waals surface area (Å²) in [7, 11) is 0. The smallest absolute Gasteiger partial charge is 0.244 e. The van der Waals surface area contributed by atoms with Gasteiger partial charge in [-0.1, -0.05) is 11.6 Å². The molecule has 2 saturated heterocycles. The van der Waals surface area contributed by atoms with Crippen molar-refractivity contribution < 1.29 is 19.1 Å². The van der Waals surface area contributed by atoms with E-state index in [1.807, 2.05) is 30.9 Å². The topological polar surface area (TPSA) is 99.8 Å². The van der Waals surface area contributed by atoms with Crippen LogP contribution >= 0.6 is 11.6 Å². The average molecular weight is 486 g/mol. The number of amides is 2. The fraction of sp³-hybridized carbons (Fsp3) is 0.458. The lowest BCUT2D eigenvalue weighted by atomic mass is 10.0. The van der Waals surface area contributed by atoms with Gasteiger partial charge in [0.25, 0.3) is 0 Å². The number of H-pyrrole nitrogens is 1. The normalized spacial score (nSPS) is 21.1. The van der Waals surface area contributed by atoms with E-state index in [9.17, 15) is 9.59 Å². The second kappa shape index (κ2) is 9.14. The third-order valence-corrected chi connectivity index (χ3v) is 6.61. The third-order valence-electron chi connectivity index (χ3n) is 6.39. The number of nitrogens with one attached hydrogen (secondary N) is 2. The third kappa shape index (κ3) is 4.61. The molecule has 0 aliphatic carbocycles. The molecule has 0 bridgehead atoms. The van der Waals surface area contributed by atoms with Gasteiger partial charge >= 0.3 is 0 Å². The van der Waals surface area contributed by atoms with Crippen LogP contribution in [0.3, 0.4) is 0 Å². The van der Waals surface area contributed by atoms with Gasteiger partial charge in [0.15, 0.2) is 0 Å².